The van der Waals surface area contributed by atoms with Crippen LogP contribution in [0.4, 0.5) is 0 Å². The summed E-state index contributed by atoms with van der Waals surface area (Å²) in [6.45, 7) is 10.5. The molecule has 1 aromatic heterocycles. The molecule has 0 spiro atoms. The fraction of sp³-hybridized carbons (Fsp3) is 0.333. The molecule has 168 valence electrons. The summed E-state index contributed by atoms with van der Waals surface area (Å²) >= 11 is 0. The summed E-state index contributed by atoms with van der Waals surface area (Å²) in [5.41, 5.74) is 2.17. The monoisotopic (exact) mass is 432 g/mol. The van der Waals surface area contributed by atoms with Gasteiger partial charge in [-0.1, -0.05) is 48.0 Å². The van der Waals surface area contributed by atoms with E-state index in [-0.39, 0.29) is 18.4 Å². The lowest BCUT2D eigenvalue weighted by Crippen LogP contribution is -2.51. The number of hydrogen-bond acceptors (Lipinski definition) is 3. The van der Waals surface area contributed by atoms with Crippen LogP contribution in [0.2, 0.25) is 0 Å². The number of carbonyl (C=O) groups excluding carboxylic acids is 2. The topological polar surface area (TPSA) is 53.8 Å². The van der Waals surface area contributed by atoms with Gasteiger partial charge in [0, 0.05) is 17.6 Å². The van der Waals surface area contributed by atoms with Crippen LogP contribution < -0.4 is 0 Å². The van der Waals surface area contributed by atoms with Crippen molar-refractivity contribution in [3.8, 4) is 0 Å². The van der Waals surface area contributed by atoms with E-state index in [1.165, 1.54) is 0 Å². The number of carbonyl (C=O) groups is 2. The average molecular weight is 433 g/mol. The molecule has 0 aliphatic carbocycles. The van der Waals surface area contributed by atoms with Gasteiger partial charge in [-0.05, 0) is 64.4 Å². The minimum Gasteiger partial charge on any atom is -0.464 e. The van der Waals surface area contributed by atoms with Crippen molar-refractivity contribution in [1.82, 2.24) is 9.80 Å². The summed E-state index contributed by atoms with van der Waals surface area (Å²) in [6.07, 6.45) is 0. The maximum Gasteiger partial charge on any atom is 0.254 e. The summed E-state index contributed by atoms with van der Waals surface area (Å²) < 4.78 is 5.73. The van der Waals surface area contributed by atoms with Crippen LogP contribution >= 0.6 is 0 Å². The zero-order valence-electron chi connectivity index (χ0n) is 19.6. The predicted molar refractivity (Wildman–Crippen MR) is 126 cm³/mol. The normalized spacial score (nSPS) is 11.3. The Balaban J connectivity index is 1.84. The predicted octanol–water partition coefficient (Wildman–Crippen LogP) is 5.37. The number of amides is 2. The van der Waals surface area contributed by atoms with Crippen molar-refractivity contribution >= 4 is 11.8 Å². The van der Waals surface area contributed by atoms with Gasteiger partial charge in [0.2, 0.25) is 5.91 Å². The summed E-state index contributed by atoms with van der Waals surface area (Å²) in [5, 5.41) is 0. The Morgan fingerprint density at radius 3 is 2.06 bits per heavy atom. The van der Waals surface area contributed by atoms with Crippen molar-refractivity contribution in [3.05, 3.63) is 94.9 Å². The Morgan fingerprint density at radius 2 is 1.50 bits per heavy atom. The van der Waals surface area contributed by atoms with Gasteiger partial charge in [-0.2, -0.15) is 0 Å². The van der Waals surface area contributed by atoms with Gasteiger partial charge in [-0.3, -0.25) is 9.59 Å². The molecule has 1 heterocycles. The van der Waals surface area contributed by atoms with Gasteiger partial charge in [0.05, 0.1) is 6.54 Å². The number of rotatable bonds is 7. The summed E-state index contributed by atoms with van der Waals surface area (Å²) in [6, 6.07) is 21.1. The molecule has 3 rings (SSSR count). The Labute approximate surface area is 190 Å². The fourth-order valence-corrected chi connectivity index (χ4v) is 3.50. The molecule has 2 amide bonds. The highest BCUT2D eigenvalue weighted by Gasteiger charge is 2.31. The number of hydrogen-bond donors (Lipinski definition) is 0. The van der Waals surface area contributed by atoms with E-state index in [0.717, 1.165) is 22.6 Å². The third-order valence-corrected chi connectivity index (χ3v) is 5.36. The molecule has 0 atom stereocenters. The lowest BCUT2D eigenvalue weighted by Gasteiger charge is -2.36. The smallest absolute Gasteiger partial charge is 0.254 e. The van der Waals surface area contributed by atoms with Gasteiger partial charge in [-0.15, -0.1) is 0 Å². The molecule has 0 unspecified atom stereocenters. The second-order valence-electron chi connectivity index (χ2n) is 9.18. The van der Waals surface area contributed by atoms with Crippen molar-refractivity contribution in [2.75, 3.05) is 6.54 Å². The van der Waals surface area contributed by atoms with Crippen LogP contribution in [0.3, 0.4) is 0 Å². The third-order valence-electron chi connectivity index (χ3n) is 5.36. The van der Waals surface area contributed by atoms with Crippen LogP contribution in [-0.2, 0) is 17.9 Å². The first-order chi connectivity index (χ1) is 15.1. The zero-order valence-corrected chi connectivity index (χ0v) is 19.6. The van der Waals surface area contributed by atoms with Crippen molar-refractivity contribution in [3.63, 3.8) is 0 Å². The van der Waals surface area contributed by atoms with E-state index in [2.05, 4.69) is 0 Å². The first-order valence-corrected chi connectivity index (χ1v) is 10.9. The molecule has 5 heteroatoms. The van der Waals surface area contributed by atoms with Crippen molar-refractivity contribution in [2.45, 2.75) is 53.2 Å². The largest absolute Gasteiger partial charge is 0.464 e. The Hall–Kier alpha value is -3.34. The molecule has 0 radical (unpaired) electrons. The van der Waals surface area contributed by atoms with E-state index in [0.29, 0.717) is 18.7 Å². The molecule has 3 aromatic rings. The molecule has 0 aliphatic rings. The van der Waals surface area contributed by atoms with Gasteiger partial charge in [0.15, 0.2) is 0 Å². The molecule has 0 saturated heterocycles. The van der Waals surface area contributed by atoms with Crippen LogP contribution in [0, 0.1) is 13.8 Å². The highest BCUT2D eigenvalue weighted by molar-refractivity contribution is 5.97. The van der Waals surface area contributed by atoms with E-state index >= 15 is 0 Å². The zero-order chi connectivity index (χ0) is 23.3. The van der Waals surface area contributed by atoms with E-state index < -0.39 is 5.54 Å². The molecule has 0 N–H and O–H groups in total. The first kappa shape index (κ1) is 23.3. The van der Waals surface area contributed by atoms with Gasteiger partial charge < -0.3 is 14.2 Å². The second kappa shape index (κ2) is 9.86. The Bertz CT molecular complexity index is 1050. The van der Waals surface area contributed by atoms with Crippen LogP contribution in [0.15, 0.2) is 71.1 Å². The highest BCUT2D eigenvalue weighted by atomic mass is 16.3. The lowest BCUT2D eigenvalue weighted by molar-refractivity contribution is -0.134. The molecule has 0 bridgehead atoms. The number of benzene rings is 2. The molecular weight excluding hydrogens is 400 g/mol. The lowest BCUT2D eigenvalue weighted by atomic mass is 10.0. The minimum atomic E-state index is -0.517. The second-order valence-corrected chi connectivity index (χ2v) is 9.18. The maximum absolute atomic E-state index is 13.5. The molecule has 5 nitrogen and oxygen atoms in total. The SMILES string of the molecule is Cc1ccc(C(=O)N(CC(=O)N(Cc2ccccc2)Cc2ccc(C)o2)C(C)(C)C)cc1. The molecular formula is C27H32N2O3. The Kier molecular flexibility index (Phi) is 7.18. The number of nitrogens with zero attached hydrogens (tertiary/aromatic N) is 2. The summed E-state index contributed by atoms with van der Waals surface area (Å²) in [7, 11) is 0. The van der Waals surface area contributed by atoms with Gasteiger partial charge >= 0.3 is 0 Å². The van der Waals surface area contributed by atoms with Crippen molar-refractivity contribution in [2.24, 2.45) is 0 Å². The van der Waals surface area contributed by atoms with Gasteiger partial charge in [0.25, 0.3) is 5.91 Å². The van der Waals surface area contributed by atoms with Gasteiger partial charge in [-0.25, -0.2) is 0 Å². The van der Waals surface area contributed by atoms with Gasteiger partial charge in [0.1, 0.15) is 18.1 Å². The van der Waals surface area contributed by atoms with E-state index in [1.54, 1.807) is 9.80 Å². The van der Waals surface area contributed by atoms with Crippen molar-refractivity contribution < 1.29 is 14.0 Å². The molecule has 32 heavy (non-hydrogen) atoms. The van der Waals surface area contributed by atoms with E-state index in [1.807, 2.05) is 101 Å². The van der Waals surface area contributed by atoms with Crippen LogP contribution in [-0.4, -0.2) is 33.7 Å². The maximum atomic E-state index is 13.5. The quantitative estimate of drug-likeness (QED) is 0.505. The Morgan fingerprint density at radius 1 is 0.844 bits per heavy atom. The van der Waals surface area contributed by atoms with E-state index in [4.69, 9.17) is 4.42 Å². The average Bonchev–Trinajstić information content (AvgIpc) is 3.16. The van der Waals surface area contributed by atoms with Crippen LogP contribution in [0.1, 0.15) is 53.8 Å². The standard InChI is InChI=1S/C27H32N2O3/c1-20-11-14-23(15-12-20)26(31)29(27(3,4)5)19-25(30)28(17-22-9-7-6-8-10-22)18-24-16-13-21(2)32-24/h6-16H,17-19H2,1-5H3. The first-order valence-electron chi connectivity index (χ1n) is 10.9. The molecule has 0 saturated carbocycles. The third kappa shape index (κ3) is 6.10. The van der Waals surface area contributed by atoms with Crippen molar-refractivity contribution in [1.29, 1.82) is 0 Å². The summed E-state index contributed by atoms with van der Waals surface area (Å²) in [5.74, 6) is 1.24. The fourth-order valence-electron chi connectivity index (χ4n) is 3.50. The molecule has 2 aromatic carbocycles. The molecule has 0 aliphatic heterocycles. The van der Waals surface area contributed by atoms with E-state index in [9.17, 15) is 9.59 Å². The molecule has 0 fully saturated rings. The number of aryl methyl sites for hydroxylation is 2. The number of furan rings is 1. The highest BCUT2D eigenvalue weighted by Crippen LogP contribution is 2.20. The van der Waals surface area contributed by atoms with Crippen LogP contribution in [0.25, 0.3) is 0 Å². The summed E-state index contributed by atoms with van der Waals surface area (Å²) in [4.78, 5) is 30.2. The minimum absolute atomic E-state index is 0.0112. The van der Waals surface area contributed by atoms with Crippen LogP contribution in [0.5, 0.6) is 0 Å².